The van der Waals surface area contributed by atoms with Gasteiger partial charge in [-0.05, 0) is 36.8 Å². The number of para-hydroxylation sites is 1. The van der Waals surface area contributed by atoms with Gasteiger partial charge in [-0.15, -0.1) is 0 Å². The molecule has 0 heterocycles. The molecule has 0 atom stereocenters. The van der Waals surface area contributed by atoms with Crippen molar-refractivity contribution in [1.29, 1.82) is 0 Å². The van der Waals surface area contributed by atoms with Gasteiger partial charge >= 0.3 is 0 Å². The van der Waals surface area contributed by atoms with Gasteiger partial charge in [0.15, 0.2) is 0 Å². The lowest BCUT2D eigenvalue weighted by Crippen LogP contribution is -2.15. The maximum Gasteiger partial charge on any atom is 0.248 e. The van der Waals surface area contributed by atoms with E-state index in [-0.39, 0.29) is 0 Å². The van der Waals surface area contributed by atoms with Crippen molar-refractivity contribution in [3.63, 3.8) is 0 Å². The van der Waals surface area contributed by atoms with E-state index in [1.165, 1.54) is 0 Å². The molecule has 2 rings (SSSR count). The molecule has 4 N–H and O–H groups in total. The number of hydrogen-bond donors (Lipinski definition) is 2. The first kappa shape index (κ1) is 13.0. The summed E-state index contributed by atoms with van der Waals surface area (Å²) in [6.45, 7) is 2.04. The van der Waals surface area contributed by atoms with Crippen LogP contribution in [0.2, 0.25) is 0 Å². The van der Waals surface area contributed by atoms with Gasteiger partial charge in [0.25, 0.3) is 0 Å². The predicted octanol–water partition coefficient (Wildman–Crippen LogP) is 2.44. The fourth-order valence-electron chi connectivity index (χ4n) is 2.08. The van der Waals surface area contributed by atoms with Crippen LogP contribution in [0.3, 0.4) is 0 Å². The van der Waals surface area contributed by atoms with E-state index >= 15 is 0 Å². The molecule has 0 fully saturated rings. The number of anilines is 3. The molecule has 2 aromatic rings. The van der Waals surface area contributed by atoms with Gasteiger partial charge in [0.05, 0.1) is 11.4 Å². The summed E-state index contributed by atoms with van der Waals surface area (Å²) in [6, 6.07) is 13.1. The molecule has 0 spiro atoms. The molecule has 0 aliphatic heterocycles. The van der Waals surface area contributed by atoms with Crippen LogP contribution in [0.25, 0.3) is 0 Å². The molecule has 0 bridgehead atoms. The van der Waals surface area contributed by atoms with E-state index in [1.54, 1.807) is 12.1 Å². The molecular formula is C15H17N3O. The molecule has 19 heavy (non-hydrogen) atoms. The monoisotopic (exact) mass is 255 g/mol. The molecule has 4 nitrogen and oxygen atoms in total. The summed E-state index contributed by atoms with van der Waals surface area (Å²) in [5, 5.41) is 0. The van der Waals surface area contributed by atoms with Crippen molar-refractivity contribution in [2.75, 3.05) is 17.7 Å². The van der Waals surface area contributed by atoms with Crippen LogP contribution >= 0.6 is 0 Å². The largest absolute Gasteiger partial charge is 0.397 e. The third-order valence-corrected chi connectivity index (χ3v) is 3.15. The Kier molecular flexibility index (Phi) is 3.42. The Bertz CT molecular complexity index is 623. The van der Waals surface area contributed by atoms with E-state index < -0.39 is 5.91 Å². The number of benzene rings is 2. The molecule has 2 aromatic carbocycles. The Morgan fingerprint density at radius 3 is 2.37 bits per heavy atom. The van der Waals surface area contributed by atoms with E-state index in [9.17, 15) is 4.79 Å². The fraction of sp³-hybridized carbons (Fsp3) is 0.133. The van der Waals surface area contributed by atoms with Crippen molar-refractivity contribution in [2.45, 2.75) is 6.92 Å². The lowest BCUT2D eigenvalue weighted by Gasteiger charge is -2.23. The lowest BCUT2D eigenvalue weighted by molar-refractivity contribution is 0.100. The van der Waals surface area contributed by atoms with Crippen LogP contribution in [0, 0.1) is 6.92 Å². The van der Waals surface area contributed by atoms with Crippen molar-refractivity contribution < 1.29 is 4.79 Å². The molecule has 0 aromatic heterocycles. The number of nitrogen functional groups attached to an aromatic ring is 1. The first-order valence-corrected chi connectivity index (χ1v) is 5.99. The number of carbonyl (C=O) groups excluding carboxylic acids is 1. The maximum atomic E-state index is 11.1. The number of hydrogen-bond acceptors (Lipinski definition) is 3. The minimum Gasteiger partial charge on any atom is -0.397 e. The predicted molar refractivity (Wildman–Crippen MR) is 78.6 cm³/mol. The normalized spacial score (nSPS) is 10.2. The molecular weight excluding hydrogens is 238 g/mol. The number of carbonyl (C=O) groups is 1. The topological polar surface area (TPSA) is 72.3 Å². The quantitative estimate of drug-likeness (QED) is 0.827. The van der Waals surface area contributed by atoms with Gasteiger partial charge in [-0.2, -0.15) is 0 Å². The van der Waals surface area contributed by atoms with Crippen LogP contribution in [0.15, 0.2) is 42.5 Å². The summed E-state index contributed by atoms with van der Waals surface area (Å²) < 4.78 is 0. The van der Waals surface area contributed by atoms with Crippen LogP contribution < -0.4 is 16.4 Å². The van der Waals surface area contributed by atoms with Crippen molar-refractivity contribution in [3.8, 4) is 0 Å². The fourth-order valence-corrected chi connectivity index (χ4v) is 2.08. The van der Waals surface area contributed by atoms with E-state index in [4.69, 9.17) is 11.5 Å². The second-order valence-corrected chi connectivity index (χ2v) is 4.48. The van der Waals surface area contributed by atoms with Gasteiger partial charge in [0, 0.05) is 18.3 Å². The zero-order valence-corrected chi connectivity index (χ0v) is 11.1. The van der Waals surface area contributed by atoms with Crippen molar-refractivity contribution >= 4 is 23.0 Å². The standard InChI is InChI=1S/C15H17N3O/c1-10-5-3-4-6-13(10)18(2)14-8-7-11(15(17)19)9-12(14)16/h3-9H,16H2,1-2H3,(H2,17,19). The Balaban J connectivity index is 2.42. The number of nitrogens with zero attached hydrogens (tertiary/aromatic N) is 1. The van der Waals surface area contributed by atoms with Gasteiger partial charge < -0.3 is 16.4 Å². The van der Waals surface area contributed by atoms with Crippen LogP contribution in [0.4, 0.5) is 17.1 Å². The van der Waals surface area contributed by atoms with E-state index in [1.807, 2.05) is 49.2 Å². The van der Waals surface area contributed by atoms with Crippen LogP contribution in [-0.2, 0) is 0 Å². The first-order chi connectivity index (χ1) is 9.00. The summed E-state index contributed by atoms with van der Waals surface area (Å²) in [4.78, 5) is 13.1. The van der Waals surface area contributed by atoms with E-state index in [0.717, 1.165) is 16.9 Å². The van der Waals surface area contributed by atoms with Crippen molar-refractivity contribution in [3.05, 3.63) is 53.6 Å². The van der Waals surface area contributed by atoms with Gasteiger partial charge in [0.1, 0.15) is 0 Å². The second-order valence-electron chi connectivity index (χ2n) is 4.48. The van der Waals surface area contributed by atoms with Crippen LogP contribution in [0.1, 0.15) is 15.9 Å². The minimum atomic E-state index is -0.475. The molecule has 0 unspecified atom stereocenters. The van der Waals surface area contributed by atoms with E-state index in [0.29, 0.717) is 11.3 Å². The first-order valence-electron chi connectivity index (χ1n) is 5.99. The summed E-state index contributed by atoms with van der Waals surface area (Å²) >= 11 is 0. The highest BCUT2D eigenvalue weighted by Gasteiger charge is 2.11. The molecule has 1 amide bonds. The van der Waals surface area contributed by atoms with E-state index in [2.05, 4.69) is 0 Å². The highest BCUT2D eigenvalue weighted by molar-refractivity contribution is 5.95. The molecule has 0 aliphatic carbocycles. The summed E-state index contributed by atoms with van der Waals surface area (Å²) in [6.07, 6.45) is 0. The van der Waals surface area contributed by atoms with Gasteiger partial charge in [-0.3, -0.25) is 4.79 Å². The van der Waals surface area contributed by atoms with Crippen LogP contribution in [-0.4, -0.2) is 13.0 Å². The Labute approximate surface area is 112 Å². The Morgan fingerprint density at radius 2 is 1.79 bits per heavy atom. The van der Waals surface area contributed by atoms with Gasteiger partial charge in [0.2, 0.25) is 5.91 Å². The molecule has 4 heteroatoms. The average molecular weight is 255 g/mol. The van der Waals surface area contributed by atoms with Crippen LogP contribution in [0.5, 0.6) is 0 Å². The van der Waals surface area contributed by atoms with Gasteiger partial charge in [-0.1, -0.05) is 18.2 Å². The Morgan fingerprint density at radius 1 is 1.11 bits per heavy atom. The number of aryl methyl sites for hydroxylation is 1. The number of nitrogens with two attached hydrogens (primary N) is 2. The molecule has 0 saturated heterocycles. The smallest absolute Gasteiger partial charge is 0.248 e. The molecule has 0 saturated carbocycles. The molecule has 0 radical (unpaired) electrons. The number of rotatable bonds is 3. The maximum absolute atomic E-state index is 11.1. The SMILES string of the molecule is Cc1ccccc1N(C)c1ccc(C(N)=O)cc1N. The van der Waals surface area contributed by atoms with Crippen molar-refractivity contribution in [1.82, 2.24) is 0 Å². The number of primary amides is 1. The summed E-state index contributed by atoms with van der Waals surface area (Å²) in [7, 11) is 1.94. The van der Waals surface area contributed by atoms with Gasteiger partial charge in [-0.25, -0.2) is 0 Å². The van der Waals surface area contributed by atoms with Crippen molar-refractivity contribution in [2.24, 2.45) is 5.73 Å². The lowest BCUT2D eigenvalue weighted by atomic mass is 10.1. The average Bonchev–Trinajstić information content (AvgIpc) is 2.38. The summed E-state index contributed by atoms with van der Waals surface area (Å²) in [5.41, 5.74) is 15.3. The zero-order valence-electron chi connectivity index (χ0n) is 11.1. The minimum absolute atomic E-state index is 0.416. The second kappa shape index (κ2) is 5.02. The number of amides is 1. The highest BCUT2D eigenvalue weighted by Crippen LogP contribution is 2.31. The third-order valence-electron chi connectivity index (χ3n) is 3.15. The summed E-state index contributed by atoms with van der Waals surface area (Å²) in [5.74, 6) is -0.475. The molecule has 98 valence electrons. The zero-order chi connectivity index (χ0) is 14.0. The third kappa shape index (κ3) is 2.52. The Hall–Kier alpha value is -2.49. The highest BCUT2D eigenvalue weighted by atomic mass is 16.1. The molecule has 0 aliphatic rings.